The van der Waals surface area contributed by atoms with Gasteiger partial charge in [0, 0.05) is 6.54 Å². The van der Waals surface area contributed by atoms with E-state index in [2.05, 4.69) is 20.4 Å². The van der Waals surface area contributed by atoms with E-state index in [1.54, 1.807) is 13.0 Å². The molecule has 144 valence electrons. The van der Waals surface area contributed by atoms with Gasteiger partial charge in [-0.05, 0) is 31.5 Å². The molecule has 0 atom stereocenters. The maximum atomic E-state index is 12.1. The van der Waals surface area contributed by atoms with Gasteiger partial charge in [0.25, 0.3) is 0 Å². The minimum atomic E-state index is -3.81. The SMILES string of the molecule is CCCn1c(SCC(=O)Nc2nc(C)no2)nc2cc(S(N)(=O)=O)ccc21. The number of aryl methyl sites for hydroxylation is 2. The van der Waals surface area contributed by atoms with E-state index in [9.17, 15) is 13.2 Å². The number of amides is 1. The molecule has 0 unspecified atom stereocenters. The molecule has 0 aliphatic heterocycles. The van der Waals surface area contributed by atoms with E-state index in [1.807, 2.05) is 11.5 Å². The van der Waals surface area contributed by atoms with Crippen molar-refractivity contribution in [3.05, 3.63) is 24.0 Å². The lowest BCUT2D eigenvalue weighted by atomic mass is 10.3. The predicted octanol–water partition coefficient (Wildman–Crippen LogP) is 1.52. The van der Waals surface area contributed by atoms with Crippen LogP contribution in [0.15, 0.2) is 32.8 Å². The number of thioether (sulfide) groups is 1. The molecule has 0 bridgehead atoms. The number of carbonyl (C=O) groups is 1. The van der Waals surface area contributed by atoms with Gasteiger partial charge in [0.05, 0.1) is 21.7 Å². The van der Waals surface area contributed by atoms with Gasteiger partial charge in [-0.3, -0.25) is 10.1 Å². The number of carbonyl (C=O) groups excluding carboxylic acids is 1. The van der Waals surface area contributed by atoms with Gasteiger partial charge < -0.3 is 9.09 Å². The molecule has 27 heavy (non-hydrogen) atoms. The Morgan fingerprint density at radius 3 is 2.78 bits per heavy atom. The van der Waals surface area contributed by atoms with Crippen molar-refractivity contribution in [2.24, 2.45) is 5.14 Å². The molecule has 0 saturated carbocycles. The number of primary sulfonamides is 1. The average Bonchev–Trinajstić information content (AvgIpc) is 3.15. The summed E-state index contributed by atoms with van der Waals surface area (Å²) < 4.78 is 29.9. The van der Waals surface area contributed by atoms with Crippen LogP contribution < -0.4 is 10.5 Å². The fourth-order valence-electron chi connectivity index (χ4n) is 2.45. The number of fused-ring (bicyclic) bond motifs is 1. The van der Waals surface area contributed by atoms with Gasteiger partial charge in [-0.1, -0.05) is 23.8 Å². The number of aromatic nitrogens is 4. The fraction of sp³-hybridized carbons (Fsp3) is 0.333. The molecule has 12 heteroatoms. The van der Waals surface area contributed by atoms with Crippen LogP contribution in [0.5, 0.6) is 0 Å². The van der Waals surface area contributed by atoms with Crippen molar-refractivity contribution in [1.82, 2.24) is 19.7 Å². The number of rotatable bonds is 7. The number of hydrogen-bond donors (Lipinski definition) is 2. The van der Waals surface area contributed by atoms with Crippen molar-refractivity contribution < 1.29 is 17.7 Å². The van der Waals surface area contributed by atoms with Crippen LogP contribution in [0, 0.1) is 6.92 Å². The summed E-state index contributed by atoms with van der Waals surface area (Å²) in [6, 6.07) is 4.59. The molecule has 0 aliphatic rings. The lowest BCUT2D eigenvalue weighted by Gasteiger charge is -2.07. The third-order valence-electron chi connectivity index (χ3n) is 3.57. The summed E-state index contributed by atoms with van der Waals surface area (Å²) in [6.45, 7) is 4.35. The second-order valence-corrected chi connectivity index (χ2v) is 8.23. The van der Waals surface area contributed by atoms with Crippen molar-refractivity contribution in [2.75, 3.05) is 11.1 Å². The first-order valence-corrected chi connectivity index (χ1v) is 10.6. The third-order valence-corrected chi connectivity index (χ3v) is 5.45. The number of nitrogens with two attached hydrogens (primary N) is 1. The van der Waals surface area contributed by atoms with Crippen LogP contribution in [0.3, 0.4) is 0 Å². The number of imidazole rings is 1. The second-order valence-electron chi connectivity index (χ2n) is 5.73. The molecule has 0 aliphatic carbocycles. The molecule has 1 amide bonds. The average molecular weight is 410 g/mol. The van der Waals surface area contributed by atoms with Crippen LogP contribution in [-0.4, -0.2) is 39.8 Å². The Bertz CT molecular complexity index is 1090. The Balaban J connectivity index is 1.82. The Labute approximate surface area is 159 Å². The van der Waals surface area contributed by atoms with Crippen molar-refractivity contribution in [2.45, 2.75) is 36.9 Å². The van der Waals surface area contributed by atoms with Gasteiger partial charge in [0.15, 0.2) is 11.0 Å². The van der Waals surface area contributed by atoms with E-state index >= 15 is 0 Å². The molecule has 0 spiro atoms. The topological polar surface area (TPSA) is 146 Å². The van der Waals surface area contributed by atoms with Crippen molar-refractivity contribution in [1.29, 1.82) is 0 Å². The van der Waals surface area contributed by atoms with Crippen molar-refractivity contribution in [3.63, 3.8) is 0 Å². The molecule has 2 heterocycles. The summed E-state index contributed by atoms with van der Waals surface area (Å²) in [6.07, 6.45) is 0.851. The molecule has 3 rings (SSSR count). The quantitative estimate of drug-likeness (QED) is 0.557. The minimum Gasteiger partial charge on any atom is -0.319 e. The summed E-state index contributed by atoms with van der Waals surface area (Å²) in [4.78, 5) is 20.4. The number of anilines is 1. The Morgan fingerprint density at radius 2 is 2.15 bits per heavy atom. The normalized spacial score (nSPS) is 11.8. The molecular formula is C15H18N6O4S2. The highest BCUT2D eigenvalue weighted by Crippen LogP contribution is 2.26. The maximum Gasteiger partial charge on any atom is 0.328 e. The van der Waals surface area contributed by atoms with Gasteiger partial charge >= 0.3 is 6.01 Å². The smallest absolute Gasteiger partial charge is 0.319 e. The molecule has 0 radical (unpaired) electrons. The third kappa shape index (κ3) is 4.46. The summed E-state index contributed by atoms with van der Waals surface area (Å²) in [5, 5.41) is 11.9. The first-order valence-electron chi connectivity index (χ1n) is 8.04. The van der Waals surface area contributed by atoms with Crippen LogP contribution in [-0.2, 0) is 21.4 Å². The number of hydrogen-bond acceptors (Lipinski definition) is 8. The van der Waals surface area contributed by atoms with Gasteiger partial charge in [-0.25, -0.2) is 18.5 Å². The number of nitrogens with zero attached hydrogens (tertiary/aromatic N) is 4. The highest BCUT2D eigenvalue weighted by molar-refractivity contribution is 7.99. The van der Waals surface area contributed by atoms with E-state index in [0.29, 0.717) is 23.0 Å². The molecular weight excluding hydrogens is 392 g/mol. The fourth-order valence-corrected chi connectivity index (χ4v) is 3.82. The summed E-state index contributed by atoms with van der Waals surface area (Å²) in [7, 11) is -3.81. The van der Waals surface area contributed by atoms with Crippen molar-refractivity contribution in [3.8, 4) is 0 Å². The van der Waals surface area contributed by atoms with Crippen molar-refractivity contribution >= 4 is 44.7 Å². The maximum absolute atomic E-state index is 12.1. The highest BCUT2D eigenvalue weighted by atomic mass is 32.2. The first-order chi connectivity index (χ1) is 12.8. The molecule has 2 aromatic heterocycles. The highest BCUT2D eigenvalue weighted by Gasteiger charge is 2.16. The molecule has 0 saturated heterocycles. The van der Waals surface area contributed by atoms with Gasteiger partial charge in [0.2, 0.25) is 15.9 Å². The van der Waals surface area contributed by atoms with Crippen LogP contribution >= 0.6 is 11.8 Å². The van der Waals surface area contributed by atoms with Crippen LogP contribution in [0.4, 0.5) is 6.01 Å². The van der Waals surface area contributed by atoms with E-state index in [-0.39, 0.29) is 22.6 Å². The van der Waals surface area contributed by atoms with Gasteiger partial charge in [0.1, 0.15) is 0 Å². The summed E-state index contributed by atoms with van der Waals surface area (Å²) in [5.74, 6) is 0.189. The zero-order valence-electron chi connectivity index (χ0n) is 14.7. The minimum absolute atomic E-state index is 0.00259. The number of nitrogens with one attached hydrogen (secondary N) is 1. The number of sulfonamides is 1. The molecule has 3 aromatic rings. The lowest BCUT2D eigenvalue weighted by Crippen LogP contribution is -2.15. The first kappa shape index (κ1) is 19.3. The molecule has 1 aromatic carbocycles. The Hall–Kier alpha value is -2.44. The summed E-state index contributed by atoms with van der Waals surface area (Å²) in [5.41, 5.74) is 1.28. The van der Waals surface area contributed by atoms with E-state index in [1.165, 1.54) is 23.9 Å². The van der Waals surface area contributed by atoms with E-state index in [4.69, 9.17) is 9.66 Å². The monoisotopic (exact) mass is 410 g/mol. The Kier molecular flexibility index (Phi) is 5.48. The van der Waals surface area contributed by atoms with Crippen LogP contribution in [0.1, 0.15) is 19.2 Å². The predicted molar refractivity (Wildman–Crippen MR) is 99.8 cm³/mol. The van der Waals surface area contributed by atoms with Gasteiger partial charge in [-0.15, -0.1) is 0 Å². The lowest BCUT2D eigenvalue weighted by molar-refractivity contribution is -0.114. The van der Waals surface area contributed by atoms with E-state index < -0.39 is 10.0 Å². The molecule has 10 nitrogen and oxygen atoms in total. The Morgan fingerprint density at radius 1 is 1.37 bits per heavy atom. The van der Waals surface area contributed by atoms with Crippen LogP contribution in [0.2, 0.25) is 0 Å². The van der Waals surface area contributed by atoms with E-state index in [0.717, 1.165) is 11.9 Å². The molecule has 3 N–H and O–H groups in total. The number of benzene rings is 1. The zero-order chi connectivity index (χ0) is 19.6. The zero-order valence-corrected chi connectivity index (χ0v) is 16.3. The second kappa shape index (κ2) is 7.66. The molecule has 0 fully saturated rings. The standard InChI is InChI=1S/C15H18N6O4S2/c1-3-6-21-12-5-4-10(27(16,23)24)7-11(12)18-15(21)26-8-13(22)19-14-17-9(2)20-25-14/h4-5,7H,3,6,8H2,1-2H3,(H2,16,23,24)(H,17,19,20,22). The van der Waals surface area contributed by atoms with Gasteiger partial charge in [-0.2, -0.15) is 4.98 Å². The van der Waals surface area contributed by atoms with Crippen LogP contribution in [0.25, 0.3) is 11.0 Å². The largest absolute Gasteiger partial charge is 0.328 e. The summed E-state index contributed by atoms with van der Waals surface area (Å²) >= 11 is 1.23.